The number of hydrogen-bond acceptors (Lipinski definition) is 6. The van der Waals surface area contributed by atoms with E-state index in [1.165, 1.54) is 6.92 Å². The van der Waals surface area contributed by atoms with Crippen LogP contribution in [0, 0.1) is 11.3 Å². The molecular weight excluding hydrogens is 336 g/mol. The van der Waals surface area contributed by atoms with Crippen molar-refractivity contribution in [3.8, 4) is 23.3 Å². The Hall–Kier alpha value is -3.53. The zero-order chi connectivity index (χ0) is 18.5. The van der Waals surface area contributed by atoms with Gasteiger partial charge in [0, 0.05) is 11.6 Å². The summed E-state index contributed by atoms with van der Waals surface area (Å²) in [6, 6.07) is 12.1. The van der Waals surface area contributed by atoms with Gasteiger partial charge in [0.2, 0.25) is 6.79 Å². The number of ketones is 1. The molecule has 0 unspecified atom stereocenters. The Balaban J connectivity index is 1.65. The van der Waals surface area contributed by atoms with Crippen molar-refractivity contribution in [1.82, 2.24) is 0 Å². The first-order chi connectivity index (χ1) is 12.6. The van der Waals surface area contributed by atoms with Crippen LogP contribution < -0.4 is 19.5 Å². The van der Waals surface area contributed by atoms with Crippen LogP contribution in [-0.2, 0) is 11.2 Å². The highest BCUT2D eigenvalue weighted by Crippen LogP contribution is 2.37. The molecule has 2 aromatic rings. The first-order valence-electron chi connectivity index (χ1n) is 7.90. The maximum atomic E-state index is 12.2. The van der Waals surface area contributed by atoms with Crippen LogP contribution in [0.5, 0.6) is 17.2 Å². The fraction of sp³-hybridized carbons (Fsp3) is 0.211. The number of nitriles is 1. The number of carbonyl (C=O) groups excluding carboxylic acids is 2. The van der Waals surface area contributed by atoms with Crippen molar-refractivity contribution in [2.45, 2.75) is 13.3 Å². The van der Waals surface area contributed by atoms with E-state index >= 15 is 0 Å². The van der Waals surface area contributed by atoms with Gasteiger partial charge in [0.25, 0.3) is 5.91 Å². The molecule has 1 aliphatic rings. The van der Waals surface area contributed by atoms with Gasteiger partial charge in [-0.3, -0.25) is 9.59 Å². The van der Waals surface area contributed by atoms with E-state index in [1.807, 2.05) is 0 Å². The molecule has 0 saturated carbocycles. The summed E-state index contributed by atoms with van der Waals surface area (Å²) in [6.07, 6.45) is 0.318. The van der Waals surface area contributed by atoms with Crippen molar-refractivity contribution in [1.29, 1.82) is 5.26 Å². The van der Waals surface area contributed by atoms with Gasteiger partial charge in [0.05, 0.1) is 18.2 Å². The second-order valence-corrected chi connectivity index (χ2v) is 5.62. The summed E-state index contributed by atoms with van der Waals surface area (Å²) < 4.78 is 16.0. The molecule has 26 heavy (non-hydrogen) atoms. The molecule has 1 N–H and O–H groups in total. The Bertz CT molecular complexity index is 884. The molecule has 1 amide bonds. The van der Waals surface area contributed by atoms with E-state index in [1.54, 1.807) is 36.4 Å². The van der Waals surface area contributed by atoms with Gasteiger partial charge in [-0.25, -0.2) is 0 Å². The van der Waals surface area contributed by atoms with Crippen LogP contribution >= 0.6 is 0 Å². The fourth-order valence-corrected chi connectivity index (χ4v) is 2.47. The van der Waals surface area contributed by atoms with Gasteiger partial charge in [0.1, 0.15) is 5.75 Å². The van der Waals surface area contributed by atoms with E-state index in [2.05, 4.69) is 11.4 Å². The van der Waals surface area contributed by atoms with Gasteiger partial charge >= 0.3 is 0 Å². The summed E-state index contributed by atoms with van der Waals surface area (Å²) in [5, 5.41) is 11.3. The van der Waals surface area contributed by atoms with E-state index in [9.17, 15) is 9.59 Å². The third-order valence-electron chi connectivity index (χ3n) is 3.74. The molecule has 1 aliphatic heterocycles. The lowest BCUT2D eigenvalue weighted by Gasteiger charge is -2.11. The zero-order valence-corrected chi connectivity index (χ0v) is 14.1. The summed E-state index contributed by atoms with van der Waals surface area (Å²) >= 11 is 0. The fourth-order valence-electron chi connectivity index (χ4n) is 2.47. The number of Topliss-reactive ketones (excluding diaryl/α,β-unsaturated/α-hetero) is 1. The number of carbonyl (C=O) groups is 2. The lowest BCUT2D eigenvalue weighted by Crippen LogP contribution is -2.21. The maximum Gasteiger partial charge on any atom is 0.262 e. The molecule has 3 rings (SSSR count). The summed E-state index contributed by atoms with van der Waals surface area (Å²) in [5.41, 5.74) is 1.55. The summed E-state index contributed by atoms with van der Waals surface area (Å²) in [4.78, 5) is 24.0. The van der Waals surface area contributed by atoms with Gasteiger partial charge in [-0.15, -0.1) is 0 Å². The number of hydrogen-bond donors (Lipinski definition) is 1. The number of amides is 1. The van der Waals surface area contributed by atoms with Gasteiger partial charge < -0.3 is 19.5 Å². The number of rotatable bonds is 6. The molecule has 7 nitrogen and oxygen atoms in total. The second-order valence-electron chi connectivity index (χ2n) is 5.62. The number of anilines is 1. The maximum absolute atomic E-state index is 12.2. The number of fused-ring (bicyclic) bond motifs is 1. The van der Waals surface area contributed by atoms with E-state index in [4.69, 9.17) is 19.5 Å². The topological polar surface area (TPSA) is 97.7 Å². The number of nitrogens with zero attached hydrogens (tertiary/aromatic N) is 1. The van der Waals surface area contributed by atoms with Gasteiger partial charge in [-0.2, -0.15) is 5.26 Å². The number of ether oxygens (including phenoxy) is 3. The smallest absolute Gasteiger partial charge is 0.262 e. The van der Waals surface area contributed by atoms with Gasteiger partial charge in [-0.1, -0.05) is 12.1 Å². The molecule has 132 valence electrons. The van der Waals surface area contributed by atoms with Crippen molar-refractivity contribution in [3.63, 3.8) is 0 Å². The molecule has 0 atom stereocenters. The Kier molecular flexibility index (Phi) is 5.04. The summed E-state index contributed by atoms with van der Waals surface area (Å²) in [6.45, 7) is 1.27. The minimum Gasteiger partial charge on any atom is -0.484 e. The Labute approximate surface area is 150 Å². The third-order valence-corrected chi connectivity index (χ3v) is 3.74. The monoisotopic (exact) mass is 352 g/mol. The van der Waals surface area contributed by atoms with E-state index in [0.29, 0.717) is 34.9 Å². The Morgan fingerprint density at radius 1 is 1.19 bits per heavy atom. The zero-order valence-electron chi connectivity index (χ0n) is 14.1. The van der Waals surface area contributed by atoms with Crippen LogP contribution in [0.3, 0.4) is 0 Å². The molecule has 0 fully saturated rings. The molecule has 0 bridgehead atoms. The lowest BCUT2D eigenvalue weighted by molar-refractivity contribution is -0.118. The third kappa shape index (κ3) is 3.92. The van der Waals surface area contributed by atoms with E-state index < -0.39 is 5.91 Å². The minimum absolute atomic E-state index is 0.0784. The van der Waals surface area contributed by atoms with Crippen molar-refractivity contribution >= 4 is 17.4 Å². The molecule has 1 heterocycles. The predicted octanol–water partition coefficient (Wildman–Crippen LogP) is 2.70. The SMILES string of the molecule is CC(=O)c1cc2c(cc1NC(=O)COc1ccc(CC#N)cc1)OCO2. The average Bonchev–Trinajstić information content (AvgIpc) is 3.08. The molecule has 7 heteroatoms. The summed E-state index contributed by atoms with van der Waals surface area (Å²) in [5.74, 6) is 0.848. The van der Waals surface area contributed by atoms with Crippen molar-refractivity contribution in [2.75, 3.05) is 18.7 Å². The first-order valence-corrected chi connectivity index (χ1v) is 7.90. The van der Waals surface area contributed by atoms with E-state index in [-0.39, 0.29) is 19.2 Å². The standard InChI is InChI=1S/C19H16N2O5/c1-12(22)15-8-17-18(26-11-25-17)9-16(15)21-19(23)10-24-14-4-2-13(3-5-14)6-7-20/h2-5,8-9H,6,10-11H2,1H3,(H,21,23). The summed E-state index contributed by atoms with van der Waals surface area (Å²) in [7, 11) is 0. The quantitative estimate of drug-likeness (QED) is 0.803. The molecule has 0 aliphatic carbocycles. The van der Waals surface area contributed by atoms with E-state index in [0.717, 1.165) is 5.56 Å². The van der Waals surface area contributed by atoms with Gasteiger partial charge in [0.15, 0.2) is 23.9 Å². The molecule has 0 aromatic heterocycles. The second kappa shape index (κ2) is 7.57. The van der Waals surface area contributed by atoms with Crippen LogP contribution in [0.4, 0.5) is 5.69 Å². The number of benzene rings is 2. The number of nitrogens with one attached hydrogen (secondary N) is 1. The molecule has 0 spiro atoms. The van der Waals surface area contributed by atoms with Crippen molar-refractivity contribution in [2.24, 2.45) is 0 Å². The normalized spacial score (nSPS) is 11.5. The highest BCUT2D eigenvalue weighted by Gasteiger charge is 2.20. The molecule has 0 saturated heterocycles. The largest absolute Gasteiger partial charge is 0.484 e. The van der Waals surface area contributed by atoms with Crippen LogP contribution in [0.15, 0.2) is 36.4 Å². The first kappa shape index (κ1) is 17.3. The highest BCUT2D eigenvalue weighted by atomic mass is 16.7. The Morgan fingerprint density at radius 2 is 1.88 bits per heavy atom. The molecular formula is C19H16N2O5. The molecule has 2 aromatic carbocycles. The minimum atomic E-state index is -0.410. The lowest BCUT2D eigenvalue weighted by atomic mass is 10.1. The average molecular weight is 352 g/mol. The highest BCUT2D eigenvalue weighted by molar-refractivity contribution is 6.04. The Morgan fingerprint density at radius 3 is 2.54 bits per heavy atom. The molecule has 0 radical (unpaired) electrons. The predicted molar refractivity (Wildman–Crippen MR) is 92.5 cm³/mol. The van der Waals surface area contributed by atoms with Crippen LogP contribution in [-0.4, -0.2) is 25.1 Å². The van der Waals surface area contributed by atoms with Crippen LogP contribution in [0.1, 0.15) is 22.8 Å². The van der Waals surface area contributed by atoms with Gasteiger partial charge in [-0.05, 0) is 30.7 Å². The van der Waals surface area contributed by atoms with Crippen LogP contribution in [0.25, 0.3) is 0 Å². The van der Waals surface area contributed by atoms with Crippen LogP contribution in [0.2, 0.25) is 0 Å². The van der Waals surface area contributed by atoms with Crippen molar-refractivity contribution < 1.29 is 23.8 Å². The van der Waals surface area contributed by atoms with Crippen molar-refractivity contribution in [3.05, 3.63) is 47.5 Å².